The maximum Gasteiger partial charge on any atom is 0.0114 e. The normalized spacial score (nSPS) is 36.3. The molecule has 0 unspecified atom stereocenters. The van der Waals surface area contributed by atoms with Crippen LogP contribution >= 0.6 is 0 Å². The van der Waals surface area contributed by atoms with Crippen LogP contribution in [0.2, 0.25) is 0 Å². The Kier molecular flexibility index (Phi) is 2.69. The molecule has 1 saturated heterocycles. The summed E-state index contributed by atoms with van der Waals surface area (Å²) in [6, 6.07) is 0.746. The molecule has 0 amide bonds. The zero-order chi connectivity index (χ0) is 7.56. The van der Waals surface area contributed by atoms with Crippen LogP contribution in [-0.2, 0) is 0 Å². The molecule has 1 heterocycles. The molecule has 2 heteroatoms. The molecule has 0 spiro atoms. The Morgan fingerprint density at radius 3 is 2.70 bits per heavy atom. The summed E-state index contributed by atoms with van der Waals surface area (Å²) in [5.74, 6) is 0.809. The molecule has 1 aliphatic heterocycles. The lowest BCUT2D eigenvalue weighted by Gasteiger charge is -2.34. The predicted molar refractivity (Wildman–Crippen MR) is 44.1 cm³/mol. The van der Waals surface area contributed by atoms with Crippen LogP contribution in [0.5, 0.6) is 0 Å². The second-order valence-corrected chi connectivity index (χ2v) is 3.42. The van der Waals surface area contributed by atoms with E-state index in [9.17, 15) is 0 Å². The minimum absolute atomic E-state index is 0.746. The van der Waals surface area contributed by atoms with E-state index in [0.717, 1.165) is 12.0 Å². The summed E-state index contributed by atoms with van der Waals surface area (Å²) in [6.45, 7) is 4.80. The second-order valence-electron chi connectivity index (χ2n) is 3.42. The van der Waals surface area contributed by atoms with Crippen molar-refractivity contribution in [1.29, 1.82) is 0 Å². The van der Waals surface area contributed by atoms with Gasteiger partial charge < -0.3 is 10.2 Å². The van der Waals surface area contributed by atoms with Crippen LogP contribution in [0.4, 0.5) is 0 Å². The highest BCUT2D eigenvalue weighted by atomic mass is 15.1. The Labute approximate surface area is 63.6 Å². The average molecular weight is 142 g/mol. The van der Waals surface area contributed by atoms with Crippen molar-refractivity contribution in [3.63, 3.8) is 0 Å². The van der Waals surface area contributed by atoms with Crippen molar-refractivity contribution in [1.82, 2.24) is 10.2 Å². The third kappa shape index (κ3) is 1.70. The van der Waals surface area contributed by atoms with E-state index in [1.165, 1.54) is 19.5 Å². The summed E-state index contributed by atoms with van der Waals surface area (Å²) < 4.78 is 0. The zero-order valence-corrected chi connectivity index (χ0v) is 7.22. The van der Waals surface area contributed by atoms with Crippen molar-refractivity contribution < 1.29 is 0 Å². The van der Waals surface area contributed by atoms with Crippen molar-refractivity contribution >= 4 is 0 Å². The van der Waals surface area contributed by atoms with E-state index >= 15 is 0 Å². The van der Waals surface area contributed by atoms with Crippen molar-refractivity contribution in [2.45, 2.75) is 19.4 Å². The maximum atomic E-state index is 3.35. The minimum Gasteiger partial charge on any atom is -0.317 e. The number of rotatable bonds is 1. The van der Waals surface area contributed by atoms with Crippen LogP contribution in [0.3, 0.4) is 0 Å². The van der Waals surface area contributed by atoms with Gasteiger partial charge >= 0.3 is 0 Å². The van der Waals surface area contributed by atoms with Gasteiger partial charge in [-0.15, -0.1) is 0 Å². The van der Waals surface area contributed by atoms with Gasteiger partial charge in [0.1, 0.15) is 0 Å². The lowest BCUT2D eigenvalue weighted by molar-refractivity contribution is 0.180. The first-order valence-electron chi connectivity index (χ1n) is 4.10. The summed E-state index contributed by atoms with van der Waals surface area (Å²) in [6.07, 6.45) is 1.30. The van der Waals surface area contributed by atoms with E-state index in [2.05, 4.69) is 31.2 Å². The molecule has 0 aromatic rings. The van der Waals surface area contributed by atoms with Crippen LogP contribution in [0.25, 0.3) is 0 Å². The molecule has 0 aromatic heterocycles. The standard InChI is InChI=1S/C8H18N2/c1-7-6-10(3)5-4-8(7)9-2/h7-9H,4-6H2,1-3H3/t7-,8+/m1/s1. The van der Waals surface area contributed by atoms with Gasteiger partial charge in [0.2, 0.25) is 0 Å². The van der Waals surface area contributed by atoms with Crippen LogP contribution in [-0.4, -0.2) is 38.1 Å². The van der Waals surface area contributed by atoms with Gasteiger partial charge in [-0.25, -0.2) is 0 Å². The molecular formula is C8H18N2. The molecule has 0 aromatic carbocycles. The smallest absolute Gasteiger partial charge is 0.0114 e. The van der Waals surface area contributed by atoms with Gasteiger partial charge in [0.05, 0.1) is 0 Å². The van der Waals surface area contributed by atoms with E-state index < -0.39 is 0 Å². The Bertz CT molecular complexity index is 103. The van der Waals surface area contributed by atoms with Crippen molar-refractivity contribution in [3.05, 3.63) is 0 Å². The van der Waals surface area contributed by atoms with Crippen LogP contribution in [0.15, 0.2) is 0 Å². The van der Waals surface area contributed by atoms with Gasteiger partial charge in [-0.05, 0) is 33.0 Å². The topological polar surface area (TPSA) is 15.3 Å². The summed E-state index contributed by atoms with van der Waals surface area (Å²) in [4.78, 5) is 2.40. The number of piperidine rings is 1. The molecule has 1 aliphatic rings. The van der Waals surface area contributed by atoms with Gasteiger partial charge in [0.25, 0.3) is 0 Å². The zero-order valence-electron chi connectivity index (χ0n) is 7.22. The Balaban J connectivity index is 2.36. The molecule has 2 atom stereocenters. The summed E-state index contributed by atoms with van der Waals surface area (Å²) in [5, 5.41) is 3.35. The van der Waals surface area contributed by atoms with E-state index in [1.54, 1.807) is 0 Å². The quantitative estimate of drug-likeness (QED) is 0.575. The van der Waals surface area contributed by atoms with Gasteiger partial charge in [-0.2, -0.15) is 0 Å². The fourth-order valence-electron chi connectivity index (χ4n) is 1.78. The number of likely N-dealkylation sites (tertiary alicyclic amines) is 1. The third-order valence-corrected chi connectivity index (χ3v) is 2.48. The van der Waals surface area contributed by atoms with Crippen LogP contribution < -0.4 is 5.32 Å². The van der Waals surface area contributed by atoms with Gasteiger partial charge in [-0.3, -0.25) is 0 Å². The largest absolute Gasteiger partial charge is 0.317 e. The summed E-state index contributed by atoms with van der Waals surface area (Å²) >= 11 is 0. The minimum atomic E-state index is 0.746. The van der Waals surface area contributed by atoms with Crippen molar-refractivity contribution in [2.24, 2.45) is 5.92 Å². The SMILES string of the molecule is CN[C@H]1CCN(C)C[C@H]1C. The highest BCUT2D eigenvalue weighted by Crippen LogP contribution is 2.14. The first kappa shape index (κ1) is 8.02. The Hall–Kier alpha value is -0.0800. The molecule has 0 radical (unpaired) electrons. The van der Waals surface area contributed by atoms with E-state index in [-0.39, 0.29) is 0 Å². The third-order valence-electron chi connectivity index (χ3n) is 2.48. The average Bonchev–Trinajstić information content (AvgIpc) is 1.88. The summed E-state index contributed by atoms with van der Waals surface area (Å²) in [5.41, 5.74) is 0. The number of hydrogen-bond donors (Lipinski definition) is 1. The predicted octanol–water partition coefficient (Wildman–Crippen LogP) is 0.546. The maximum absolute atomic E-state index is 3.35. The van der Waals surface area contributed by atoms with Crippen LogP contribution in [0.1, 0.15) is 13.3 Å². The highest BCUT2D eigenvalue weighted by molar-refractivity contribution is 4.79. The molecule has 1 fully saturated rings. The Morgan fingerprint density at radius 1 is 1.50 bits per heavy atom. The number of nitrogens with one attached hydrogen (secondary N) is 1. The lowest BCUT2D eigenvalue weighted by Crippen LogP contribution is -2.45. The lowest BCUT2D eigenvalue weighted by atomic mass is 9.95. The molecule has 1 rings (SSSR count). The number of hydrogen-bond acceptors (Lipinski definition) is 2. The molecule has 2 nitrogen and oxygen atoms in total. The first-order valence-corrected chi connectivity index (χ1v) is 4.10. The van der Waals surface area contributed by atoms with E-state index in [1.807, 2.05) is 0 Å². The Morgan fingerprint density at radius 2 is 2.20 bits per heavy atom. The molecule has 60 valence electrons. The van der Waals surface area contributed by atoms with E-state index in [0.29, 0.717) is 0 Å². The highest BCUT2D eigenvalue weighted by Gasteiger charge is 2.21. The molecule has 0 saturated carbocycles. The molecular weight excluding hydrogens is 124 g/mol. The van der Waals surface area contributed by atoms with Gasteiger partial charge in [0.15, 0.2) is 0 Å². The molecule has 0 aliphatic carbocycles. The van der Waals surface area contributed by atoms with Gasteiger partial charge in [-0.1, -0.05) is 6.92 Å². The fraction of sp³-hybridized carbons (Fsp3) is 1.00. The van der Waals surface area contributed by atoms with Crippen molar-refractivity contribution in [3.8, 4) is 0 Å². The van der Waals surface area contributed by atoms with E-state index in [4.69, 9.17) is 0 Å². The first-order chi connectivity index (χ1) is 4.74. The second kappa shape index (κ2) is 3.35. The molecule has 10 heavy (non-hydrogen) atoms. The molecule has 0 bridgehead atoms. The monoisotopic (exact) mass is 142 g/mol. The van der Waals surface area contributed by atoms with Gasteiger partial charge in [0, 0.05) is 12.6 Å². The van der Waals surface area contributed by atoms with Crippen molar-refractivity contribution in [2.75, 3.05) is 27.2 Å². The fourth-order valence-corrected chi connectivity index (χ4v) is 1.78. The molecule has 1 N–H and O–H groups in total. The van der Waals surface area contributed by atoms with Crippen LogP contribution in [0, 0.1) is 5.92 Å². The number of nitrogens with zero attached hydrogens (tertiary/aromatic N) is 1. The summed E-state index contributed by atoms with van der Waals surface area (Å²) in [7, 11) is 4.26.